The summed E-state index contributed by atoms with van der Waals surface area (Å²) in [6.45, 7) is 6.69. The number of nitrogens with one attached hydrogen (secondary N) is 1. The van der Waals surface area contributed by atoms with Gasteiger partial charge in [-0.1, -0.05) is 6.92 Å². The molecule has 19 heavy (non-hydrogen) atoms. The minimum absolute atomic E-state index is 0.295. The molecule has 5 nitrogen and oxygen atoms in total. The van der Waals surface area contributed by atoms with Gasteiger partial charge in [-0.3, -0.25) is 0 Å². The Balaban J connectivity index is 2.34. The summed E-state index contributed by atoms with van der Waals surface area (Å²) in [5, 5.41) is 0. The van der Waals surface area contributed by atoms with E-state index in [9.17, 15) is 8.42 Å². The minimum Gasteiger partial charge on any atom is -0.490 e. The maximum absolute atomic E-state index is 12.1. The molecule has 1 aliphatic heterocycles. The van der Waals surface area contributed by atoms with Gasteiger partial charge in [0.05, 0.1) is 17.1 Å². The predicted molar refractivity (Wildman–Crippen MR) is 75.3 cm³/mol. The first-order chi connectivity index (χ1) is 9.08. The quantitative estimate of drug-likeness (QED) is 0.892. The zero-order valence-corrected chi connectivity index (χ0v) is 12.2. The molecule has 0 radical (unpaired) electrons. The lowest BCUT2D eigenvalue weighted by atomic mass is 10.2. The summed E-state index contributed by atoms with van der Waals surface area (Å²) in [4.78, 5) is 2.42. The van der Waals surface area contributed by atoms with Crippen molar-refractivity contribution in [1.29, 1.82) is 0 Å². The van der Waals surface area contributed by atoms with Crippen molar-refractivity contribution in [2.45, 2.75) is 25.2 Å². The Kier molecular flexibility index (Phi) is 4.31. The number of likely N-dealkylation sites (N-methyl/N-ethyl adjacent to an activating group) is 1. The average molecular weight is 284 g/mol. The normalized spacial score (nSPS) is 14.9. The molecule has 0 fully saturated rings. The van der Waals surface area contributed by atoms with Gasteiger partial charge in [0.25, 0.3) is 0 Å². The first-order valence-electron chi connectivity index (χ1n) is 6.60. The number of rotatable bonds is 5. The molecule has 0 saturated heterocycles. The van der Waals surface area contributed by atoms with Crippen molar-refractivity contribution < 1.29 is 13.2 Å². The summed E-state index contributed by atoms with van der Waals surface area (Å²) >= 11 is 0. The second-order valence-electron chi connectivity index (χ2n) is 4.46. The van der Waals surface area contributed by atoms with Crippen LogP contribution >= 0.6 is 0 Å². The predicted octanol–water partition coefficient (Wildman–Crippen LogP) is 1.59. The SMILES string of the molecule is CCCNS(=O)(=O)c1ccc2c(c1)N(CC)CCO2. The molecular weight excluding hydrogens is 264 g/mol. The van der Waals surface area contributed by atoms with Gasteiger partial charge in [0.15, 0.2) is 0 Å². The lowest BCUT2D eigenvalue weighted by Gasteiger charge is -2.30. The molecule has 0 bridgehead atoms. The first-order valence-corrected chi connectivity index (χ1v) is 8.08. The van der Waals surface area contributed by atoms with Crippen LogP contribution < -0.4 is 14.4 Å². The Hall–Kier alpha value is -1.27. The lowest BCUT2D eigenvalue weighted by molar-refractivity contribution is 0.308. The molecule has 1 heterocycles. The number of ether oxygens (including phenoxy) is 1. The highest BCUT2D eigenvalue weighted by Crippen LogP contribution is 2.33. The molecule has 0 spiro atoms. The summed E-state index contributed by atoms with van der Waals surface area (Å²) in [5.41, 5.74) is 0.855. The molecule has 106 valence electrons. The Bertz CT molecular complexity index is 543. The van der Waals surface area contributed by atoms with Gasteiger partial charge < -0.3 is 9.64 Å². The second-order valence-corrected chi connectivity index (χ2v) is 6.22. The smallest absolute Gasteiger partial charge is 0.240 e. The van der Waals surface area contributed by atoms with Crippen LogP contribution in [0.15, 0.2) is 23.1 Å². The third-order valence-electron chi connectivity index (χ3n) is 3.12. The van der Waals surface area contributed by atoms with E-state index in [1.165, 1.54) is 0 Å². The van der Waals surface area contributed by atoms with Gasteiger partial charge in [-0.05, 0) is 31.5 Å². The molecule has 1 aromatic carbocycles. The second kappa shape index (κ2) is 5.79. The Morgan fingerprint density at radius 3 is 2.84 bits per heavy atom. The number of fused-ring (bicyclic) bond motifs is 1. The minimum atomic E-state index is -3.42. The van der Waals surface area contributed by atoms with E-state index in [0.29, 0.717) is 18.0 Å². The molecular formula is C13H20N2O3S. The fraction of sp³-hybridized carbons (Fsp3) is 0.538. The van der Waals surface area contributed by atoms with Gasteiger partial charge in [-0.25, -0.2) is 13.1 Å². The van der Waals surface area contributed by atoms with Crippen molar-refractivity contribution in [2.75, 3.05) is 31.1 Å². The Morgan fingerprint density at radius 2 is 2.16 bits per heavy atom. The summed E-state index contributed by atoms with van der Waals surface area (Å²) < 4.78 is 32.3. The first kappa shape index (κ1) is 14.1. The zero-order valence-electron chi connectivity index (χ0n) is 11.3. The van der Waals surface area contributed by atoms with E-state index in [0.717, 1.165) is 30.9 Å². The van der Waals surface area contributed by atoms with Crippen LogP contribution in [0.2, 0.25) is 0 Å². The highest BCUT2D eigenvalue weighted by atomic mass is 32.2. The van der Waals surface area contributed by atoms with E-state index in [-0.39, 0.29) is 0 Å². The Morgan fingerprint density at radius 1 is 1.37 bits per heavy atom. The summed E-state index contributed by atoms with van der Waals surface area (Å²) in [5.74, 6) is 0.752. The van der Waals surface area contributed by atoms with Crippen LogP contribution in [0.5, 0.6) is 5.75 Å². The third-order valence-corrected chi connectivity index (χ3v) is 4.58. The van der Waals surface area contributed by atoms with Gasteiger partial charge in [-0.15, -0.1) is 0 Å². The van der Waals surface area contributed by atoms with Crippen LogP contribution in [0.3, 0.4) is 0 Å². The molecule has 0 unspecified atom stereocenters. The number of hydrogen-bond donors (Lipinski definition) is 1. The molecule has 1 N–H and O–H groups in total. The molecule has 6 heteroatoms. The van der Waals surface area contributed by atoms with Crippen molar-refractivity contribution in [3.05, 3.63) is 18.2 Å². The van der Waals surface area contributed by atoms with Gasteiger partial charge in [0, 0.05) is 13.1 Å². The topological polar surface area (TPSA) is 58.6 Å². The number of nitrogens with zero attached hydrogens (tertiary/aromatic N) is 1. The lowest BCUT2D eigenvalue weighted by Crippen LogP contribution is -2.33. The van der Waals surface area contributed by atoms with Gasteiger partial charge in [-0.2, -0.15) is 0 Å². The largest absolute Gasteiger partial charge is 0.490 e. The van der Waals surface area contributed by atoms with Crippen LogP contribution in [0.1, 0.15) is 20.3 Å². The fourth-order valence-electron chi connectivity index (χ4n) is 2.07. The van der Waals surface area contributed by atoms with Gasteiger partial charge in [0.1, 0.15) is 12.4 Å². The van der Waals surface area contributed by atoms with Crippen molar-refractivity contribution in [2.24, 2.45) is 0 Å². The van der Waals surface area contributed by atoms with E-state index in [2.05, 4.69) is 9.62 Å². The van der Waals surface area contributed by atoms with Crippen LogP contribution in [0.4, 0.5) is 5.69 Å². The van der Waals surface area contributed by atoms with E-state index < -0.39 is 10.0 Å². The standard InChI is InChI=1S/C13H20N2O3S/c1-3-7-14-19(16,17)11-5-6-13-12(10-11)15(4-2)8-9-18-13/h5-6,10,14H,3-4,7-9H2,1-2H3. The van der Waals surface area contributed by atoms with Gasteiger partial charge >= 0.3 is 0 Å². The van der Waals surface area contributed by atoms with Crippen molar-refractivity contribution in [3.8, 4) is 5.75 Å². The van der Waals surface area contributed by atoms with E-state index in [1.54, 1.807) is 18.2 Å². The Labute approximate surface area is 114 Å². The molecule has 1 aliphatic rings. The van der Waals surface area contributed by atoms with Crippen molar-refractivity contribution >= 4 is 15.7 Å². The molecule has 0 atom stereocenters. The highest BCUT2D eigenvalue weighted by molar-refractivity contribution is 7.89. The third kappa shape index (κ3) is 3.01. The zero-order chi connectivity index (χ0) is 13.9. The molecule has 0 saturated carbocycles. The van der Waals surface area contributed by atoms with Crippen molar-refractivity contribution in [1.82, 2.24) is 4.72 Å². The maximum Gasteiger partial charge on any atom is 0.240 e. The molecule has 0 aromatic heterocycles. The van der Waals surface area contributed by atoms with Gasteiger partial charge in [0.2, 0.25) is 10.0 Å². The van der Waals surface area contributed by atoms with Crippen LogP contribution in [0.25, 0.3) is 0 Å². The molecule has 2 rings (SSSR count). The fourth-order valence-corrected chi connectivity index (χ4v) is 3.22. The summed E-state index contributed by atoms with van der Waals surface area (Å²) in [7, 11) is -3.42. The van der Waals surface area contributed by atoms with Crippen LogP contribution in [-0.2, 0) is 10.0 Å². The number of anilines is 1. The summed E-state index contributed by atoms with van der Waals surface area (Å²) in [6, 6.07) is 5.02. The van der Waals surface area contributed by atoms with Crippen LogP contribution in [0, 0.1) is 0 Å². The molecule has 0 aliphatic carbocycles. The van der Waals surface area contributed by atoms with Crippen molar-refractivity contribution in [3.63, 3.8) is 0 Å². The number of sulfonamides is 1. The van der Waals surface area contributed by atoms with E-state index in [4.69, 9.17) is 4.74 Å². The number of benzene rings is 1. The number of hydrogen-bond acceptors (Lipinski definition) is 4. The summed E-state index contributed by atoms with van der Waals surface area (Å²) in [6.07, 6.45) is 0.772. The monoisotopic (exact) mass is 284 g/mol. The average Bonchev–Trinajstić information content (AvgIpc) is 2.43. The van der Waals surface area contributed by atoms with E-state index in [1.807, 2.05) is 13.8 Å². The van der Waals surface area contributed by atoms with E-state index >= 15 is 0 Å². The highest BCUT2D eigenvalue weighted by Gasteiger charge is 2.21. The maximum atomic E-state index is 12.1. The molecule has 1 aromatic rings. The van der Waals surface area contributed by atoms with Crippen LogP contribution in [-0.4, -0.2) is 34.7 Å². The molecule has 0 amide bonds.